The van der Waals surface area contributed by atoms with Crippen molar-refractivity contribution >= 4 is 12.0 Å². The highest BCUT2D eigenvalue weighted by Gasteiger charge is 2.29. The lowest BCUT2D eigenvalue weighted by atomic mass is 10.1. The number of likely N-dealkylation sites (tertiary alicyclic amines) is 1. The van der Waals surface area contributed by atoms with Crippen LogP contribution in [0, 0.1) is 5.92 Å². The molecule has 2 rings (SSSR count). The van der Waals surface area contributed by atoms with Crippen molar-refractivity contribution in [1.29, 1.82) is 0 Å². The molecule has 1 aliphatic rings. The standard InChI is InChI=1S/C18H27N3O3/c1-3-20(17(22)14(2)19)11-16-9-10-21(12-16)18(23)24-13-15-7-5-4-6-8-15/h4-8,14,16H,3,9-13,19H2,1-2H3/t14-,16+/m0/s1. The van der Waals surface area contributed by atoms with E-state index in [2.05, 4.69) is 0 Å². The number of benzene rings is 1. The van der Waals surface area contributed by atoms with Crippen molar-refractivity contribution in [2.75, 3.05) is 26.2 Å². The zero-order valence-electron chi connectivity index (χ0n) is 14.5. The van der Waals surface area contributed by atoms with Gasteiger partial charge in [-0.25, -0.2) is 4.79 Å². The smallest absolute Gasteiger partial charge is 0.410 e. The first-order valence-electron chi connectivity index (χ1n) is 8.51. The van der Waals surface area contributed by atoms with Gasteiger partial charge in [0.1, 0.15) is 6.61 Å². The van der Waals surface area contributed by atoms with Gasteiger partial charge >= 0.3 is 6.09 Å². The Labute approximate surface area is 143 Å². The van der Waals surface area contributed by atoms with E-state index in [0.29, 0.717) is 26.2 Å². The van der Waals surface area contributed by atoms with Gasteiger partial charge in [0.25, 0.3) is 0 Å². The second-order valence-corrected chi connectivity index (χ2v) is 6.31. The lowest BCUT2D eigenvalue weighted by Crippen LogP contribution is -2.44. The van der Waals surface area contributed by atoms with Crippen LogP contribution in [0.4, 0.5) is 4.79 Å². The Hall–Kier alpha value is -2.08. The number of rotatable bonds is 6. The number of hydrogen-bond acceptors (Lipinski definition) is 4. The number of hydrogen-bond donors (Lipinski definition) is 1. The van der Waals surface area contributed by atoms with E-state index in [9.17, 15) is 9.59 Å². The summed E-state index contributed by atoms with van der Waals surface area (Å²) in [7, 11) is 0. The van der Waals surface area contributed by atoms with Crippen molar-refractivity contribution in [3.8, 4) is 0 Å². The van der Waals surface area contributed by atoms with Gasteiger partial charge in [-0.15, -0.1) is 0 Å². The number of carbonyl (C=O) groups excluding carboxylic acids is 2. The number of ether oxygens (including phenoxy) is 1. The Kier molecular flexibility index (Phi) is 6.61. The summed E-state index contributed by atoms with van der Waals surface area (Å²) < 4.78 is 5.36. The highest BCUT2D eigenvalue weighted by atomic mass is 16.6. The topological polar surface area (TPSA) is 75.9 Å². The molecule has 0 spiro atoms. The summed E-state index contributed by atoms with van der Waals surface area (Å²) >= 11 is 0. The van der Waals surface area contributed by atoms with E-state index < -0.39 is 6.04 Å². The third-order valence-corrected chi connectivity index (χ3v) is 4.31. The van der Waals surface area contributed by atoms with Crippen LogP contribution in [-0.4, -0.2) is 54.0 Å². The summed E-state index contributed by atoms with van der Waals surface area (Å²) in [5.74, 6) is 0.236. The lowest BCUT2D eigenvalue weighted by molar-refractivity contribution is -0.132. The van der Waals surface area contributed by atoms with Crippen molar-refractivity contribution in [2.24, 2.45) is 11.7 Å². The summed E-state index contributed by atoms with van der Waals surface area (Å²) in [4.78, 5) is 27.7. The van der Waals surface area contributed by atoms with Gasteiger partial charge in [0.15, 0.2) is 0 Å². The largest absolute Gasteiger partial charge is 0.445 e. The van der Waals surface area contributed by atoms with Crippen LogP contribution >= 0.6 is 0 Å². The van der Waals surface area contributed by atoms with Gasteiger partial charge in [0.05, 0.1) is 6.04 Å². The van der Waals surface area contributed by atoms with E-state index in [0.717, 1.165) is 12.0 Å². The van der Waals surface area contributed by atoms with Crippen LogP contribution in [0.2, 0.25) is 0 Å². The molecular weight excluding hydrogens is 306 g/mol. The van der Waals surface area contributed by atoms with Crippen LogP contribution in [0.25, 0.3) is 0 Å². The normalized spacial score (nSPS) is 18.3. The molecule has 0 radical (unpaired) electrons. The highest BCUT2D eigenvalue weighted by molar-refractivity contribution is 5.81. The zero-order valence-corrected chi connectivity index (χ0v) is 14.5. The Balaban J connectivity index is 1.79. The van der Waals surface area contributed by atoms with Crippen molar-refractivity contribution in [2.45, 2.75) is 32.9 Å². The van der Waals surface area contributed by atoms with Crippen LogP contribution in [0.15, 0.2) is 30.3 Å². The van der Waals surface area contributed by atoms with Gasteiger partial charge < -0.3 is 20.3 Å². The second kappa shape index (κ2) is 8.68. The molecule has 6 heteroatoms. The number of nitrogens with zero attached hydrogens (tertiary/aromatic N) is 2. The Morgan fingerprint density at radius 1 is 1.38 bits per heavy atom. The van der Waals surface area contributed by atoms with E-state index >= 15 is 0 Å². The SMILES string of the molecule is CCN(C[C@H]1CCN(C(=O)OCc2ccccc2)C1)C(=O)[C@H](C)N. The highest BCUT2D eigenvalue weighted by Crippen LogP contribution is 2.19. The molecule has 0 aliphatic carbocycles. The van der Waals surface area contributed by atoms with Gasteiger partial charge in [-0.1, -0.05) is 30.3 Å². The summed E-state index contributed by atoms with van der Waals surface area (Å²) in [6.07, 6.45) is 0.589. The predicted molar refractivity (Wildman–Crippen MR) is 92.2 cm³/mol. The molecule has 132 valence electrons. The van der Waals surface area contributed by atoms with Crippen molar-refractivity contribution in [3.63, 3.8) is 0 Å². The monoisotopic (exact) mass is 333 g/mol. The molecule has 2 N–H and O–H groups in total. The molecule has 0 bridgehead atoms. The number of nitrogens with two attached hydrogens (primary N) is 1. The second-order valence-electron chi connectivity index (χ2n) is 6.31. The van der Waals surface area contributed by atoms with Crippen LogP contribution in [0.1, 0.15) is 25.8 Å². The lowest BCUT2D eigenvalue weighted by Gasteiger charge is -2.26. The maximum absolute atomic E-state index is 12.2. The molecular formula is C18H27N3O3. The first-order chi connectivity index (χ1) is 11.5. The Morgan fingerprint density at radius 3 is 2.71 bits per heavy atom. The van der Waals surface area contributed by atoms with Crippen LogP contribution in [-0.2, 0) is 16.1 Å². The molecule has 2 atom stereocenters. The molecule has 1 saturated heterocycles. The molecule has 0 aromatic heterocycles. The van der Waals surface area contributed by atoms with E-state index in [1.165, 1.54) is 0 Å². The van der Waals surface area contributed by atoms with Gasteiger partial charge in [-0.2, -0.15) is 0 Å². The fraction of sp³-hybridized carbons (Fsp3) is 0.556. The van der Waals surface area contributed by atoms with Crippen LogP contribution in [0.3, 0.4) is 0 Å². The molecule has 6 nitrogen and oxygen atoms in total. The molecule has 0 unspecified atom stereocenters. The minimum absolute atomic E-state index is 0.0393. The zero-order chi connectivity index (χ0) is 17.5. The number of carbonyl (C=O) groups is 2. The van der Waals surface area contributed by atoms with Gasteiger partial charge in [0.2, 0.25) is 5.91 Å². The fourth-order valence-corrected chi connectivity index (χ4v) is 2.93. The maximum atomic E-state index is 12.2. The third kappa shape index (κ3) is 4.96. The first-order valence-corrected chi connectivity index (χ1v) is 8.51. The van der Waals surface area contributed by atoms with Gasteiger partial charge in [-0.3, -0.25) is 4.79 Å². The van der Waals surface area contributed by atoms with Gasteiger partial charge in [-0.05, 0) is 31.7 Å². The minimum Gasteiger partial charge on any atom is -0.445 e. The minimum atomic E-state index is -0.488. The first kappa shape index (κ1) is 18.3. The molecule has 24 heavy (non-hydrogen) atoms. The van der Waals surface area contributed by atoms with Gasteiger partial charge in [0, 0.05) is 26.2 Å². The number of amides is 2. The van der Waals surface area contributed by atoms with E-state index in [1.54, 1.807) is 16.7 Å². The quantitative estimate of drug-likeness (QED) is 0.862. The van der Waals surface area contributed by atoms with Crippen LogP contribution < -0.4 is 5.73 Å². The molecule has 1 heterocycles. The molecule has 1 aliphatic heterocycles. The Morgan fingerprint density at radius 2 is 2.08 bits per heavy atom. The van der Waals surface area contributed by atoms with E-state index in [4.69, 9.17) is 10.5 Å². The summed E-state index contributed by atoms with van der Waals surface area (Å²) in [6, 6.07) is 9.14. The molecule has 2 amide bonds. The predicted octanol–water partition coefficient (Wildman–Crippen LogP) is 1.84. The molecule has 1 fully saturated rings. The summed E-state index contributed by atoms with van der Waals surface area (Å²) in [5, 5.41) is 0. The fourth-order valence-electron chi connectivity index (χ4n) is 2.93. The van der Waals surface area contributed by atoms with E-state index in [1.807, 2.05) is 37.3 Å². The average molecular weight is 333 g/mol. The van der Waals surface area contributed by atoms with Crippen molar-refractivity contribution < 1.29 is 14.3 Å². The summed E-state index contributed by atoms with van der Waals surface area (Å²) in [5.41, 5.74) is 6.65. The molecule has 0 saturated carbocycles. The van der Waals surface area contributed by atoms with Crippen LogP contribution in [0.5, 0.6) is 0 Å². The third-order valence-electron chi connectivity index (χ3n) is 4.31. The maximum Gasteiger partial charge on any atom is 0.410 e. The molecule has 1 aromatic carbocycles. The van der Waals surface area contributed by atoms with E-state index in [-0.39, 0.29) is 24.5 Å². The number of likely N-dealkylation sites (N-methyl/N-ethyl adjacent to an activating group) is 1. The van der Waals surface area contributed by atoms with Crippen molar-refractivity contribution in [3.05, 3.63) is 35.9 Å². The summed E-state index contributed by atoms with van der Waals surface area (Å²) in [6.45, 7) is 6.49. The Bertz CT molecular complexity index is 548. The average Bonchev–Trinajstić information content (AvgIpc) is 3.06. The molecule has 1 aromatic rings. The van der Waals surface area contributed by atoms with Crippen molar-refractivity contribution in [1.82, 2.24) is 9.80 Å².